The van der Waals surface area contributed by atoms with E-state index in [-0.39, 0.29) is 5.63 Å². The van der Waals surface area contributed by atoms with Crippen molar-refractivity contribution in [1.29, 1.82) is 0 Å². The van der Waals surface area contributed by atoms with Gasteiger partial charge in [-0.3, -0.25) is 0 Å². The van der Waals surface area contributed by atoms with E-state index >= 15 is 0 Å². The molecule has 0 amide bonds. The minimum absolute atomic E-state index is 0.381. The van der Waals surface area contributed by atoms with E-state index in [9.17, 15) is 4.79 Å². The van der Waals surface area contributed by atoms with E-state index in [0.29, 0.717) is 21.9 Å². The molecule has 2 aromatic carbocycles. The maximum absolute atomic E-state index is 12.1. The Labute approximate surface area is 120 Å². The molecule has 0 saturated heterocycles. The highest BCUT2D eigenvalue weighted by molar-refractivity contribution is 6.32. The number of hydrogen-bond acceptors (Lipinski definition) is 3. The van der Waals surface area contributed by atoms with Gasteiger partial charge < -0.3 is 9.15 Å². The highest BCUT2D eigenvalue weighted by Gasteiger charge is 2.10. The van der Waals surface area contributed by atoms with E-state index in [2.05, 4.69) is 0 Å². The van der Waals surface area contributed by atoms with Crippen molar-refractivity contribution in [1.82, 2.24) is 0 Å². The van der Waals surface area contributed by atoms with Crippen LogP contribution in [0.2, 0.25) is 5.02 Å². The summed E-state index contributed by atoms with van der Waals surface area (Å²) in [5.41, 5.74) is 1.40. The SMILES string of the molecule is COc1cc2oc(=O)c(-c3ccccc3)cc2cc1Cl. The van der Waals surface area contributed by atoms with Gasteiger partial charge in [0.2, 0.25) is 0 Å². The molecule has 3 rings (SSSR count). The zero-order valence-electron chi connectivity index (χ0n) is 10.7. The number of fused-ring (bicyclic) bond motifs is 1. The van der Waals surface area contributed by atoms with Gasteiger partial charge in [-0.1, -0.05) is 41.9 Å². The van der Waals surface area contributed by atoms with Gasteiger partial charge in [0.1, 0.15) is 11.3 Å². The van der Waals surface area contributed by atoms with Gasteiger partial charge in [0.05, 0.1) is 17.7 Å². The summed E-state index contributed by atoms with van der Waals surface area (Å²) in [6.45, 7) is 0. The second kappa shape index (κ2) is 5.02. The van der Waals surface area contributed by atoms with E-state index in [1.54, 1.807) is 18.2 Å². The first-order valence-corrected chi connectivity index (χ1v) is 6.43. The van der Waals surface area contributed by atoms with E-state index in [1.165, 1.54) is 7.11 Å². The summed E-state index contributed by atoms with van der Waals surface area (Å²) in [5, 5.41) is 1.24. The van der Waals surface area contributed by atoms with Crippen LogP contribution >= 0.6 is 11.6 Å². The molecule has 20 heavy (non-hydrogen) atoms. The standard InChI is InChI=1S/C16H11ClO3/c1-19-15-9-14-11(8-13(15)17)7-12(16(18)20-14)10-5-3-2-4-6-10/h2-9H,1H3. The number of benzene rings is 2. The molecule has 0 atom stereocenters. The molecule has 100 valence electrons. The van der Waals surface area contributed by atoms with E-state index in [1.807, 2.05) is 30.3 Å². The number of ether oxygens (including phenoxy) is 1. The fraction of sp³-hybridized carbons (Fsp3) is 0.0625. The van der Waals surface area contributed by atoms with Crippen molar-refractivity contribution in [2.24, 2.45) is 0 Å². The average Bonchev–Trinajstić information content (AvgIpc) is 2.47. The van der Waals surface area contributed by atoms with Crippen molar-refractivity contribution in [2.45, 2.75) is 0 Å². The zero-order chi connectivity index (χ0) is 14.1. The van der Waals surface area contributed by atoms with Gasteiger partial charge >= 0.3 is 5.63 Å². The molecule has 0 unspecified atom stereocenters. The first kappa shape index (κ1) is 12.8. The van der Waals surface area contributed by atoms with Gasteiger partial charge in [-0.2, -0.15) is 0 Å². The maximum atomic E-state index is 12.1. The second-order valence-electron chi connectivity index (χ2n) is 4.34. The lowest BCUT2D eigenvalue weighted by Crippen LogP contribution is -2.02. The molecule has 0 radical (unpaired) electrons. The first-order valence-electron chi connectivity index (χ1n) is 6.06. The summed E-state index contributed by atoms with van der Waals surface area (Å²) in [4.78, 5) is 12.1. The molecule has 3 aromatic rings. The van der Waals surface area contributed by atoms with E-state index in [0.717, 1.165) is 10.9 Å². The zero-order valence-corrected chi connectivity index (χ0v) is 11.5. The number of halogens is 1. The van der Waals surface area contributed by atoms with Crippen LogP contribution in [0.5, 0.6) is 5.75 Å². The molecule has 0 bridgehead atoms. The minimum Gasteiger partial charge on any atom is -0.495 e. The van der Waals surface area contributed by atoms with Crippen LogP contribution in [0.15, 0.2) is 57.7 Å². The molecule has 1 heterocycles. The Kier molecular flexibility index (Phi) is 3.20. The Morgan fingerprint density at radius 2 is 1.85 bits per heavy atom. The normalized spacial score (nSPS) is 10.7. The quantitative estimate of drug-likeness (QED) is 0.665. The van der Waals surface area contributed by atoms with Gasteiger partial charge in [0.25, 0.3) is 0 Å². The van der Waals surface area contributed by atoms with Crippen molar-refractivity contribution in [2.75, 3.05) is 7.11 Å². The third-order valence-corrected chi connectivity index (χ3v) is 3.39. The predicted octanol–water partition coefficient (Wildman–Crippen LogP) is 4.12. The van der Waals surface area contributed by atoms with Gasteiger partial charge in [-0.05, 0) is 17.7 Å². The third kappa shape index (κ3) is 2.17. The summed E-state index contributed by atoms with van der Waals surface area (Å²) in [5.74, 6) is 0.481. The summed E-state index contributed by atoms with van der Waals surface area (Å²) in [6, 6.07) is 14.5. The van der Waals surface area contributed by atoms with Crippen LogP contribution in [0, 0.1) is 0 Å². The van der Waals surface area contributed by atoms with Crippen LogP contribution < -0.4 is 10.4 Å². The number of methoxy groups -OCH3 is 1. The molecule has 0 aliphatic heterocycles. The monoisotopic (exact) mass is 286 g/mol. The molecule has 0 aliphatic carbocycles. The summed E-state index contributed by atoms with van der Waals surface area (Å²) < 4.78 is 10.5. The molecular weight excluding hydrogens is 276 g/mol. The molecule has 1 aromatic heterocycles. The van der Waals surface area contributed by atoms with E-state index < -0.39 is 0 Å². The molecule has 4 heteroatoms. The fourth-order valence-corrected chi connectivity index (χ4v) is 2.35. The Bertz CT molecular complexity index is 822. The molecular formula is C16H11ClO3. The van der Waals surface area contributed by atoms with Gasteiger partial charge in [0.15, 0.2) is 0 Å². The summed E-state index contributed by atoms with van der Waals surface area (Å²) in [6.07, 6.45) is 0. The smallest absolute Gasteiger partial charge is 0.344 e. The summed E-state index contributed by atoms with van der Waals surface area (Å²) >= 11 is 6.10. The Balaban J connectivity index is 2.27. The highest BCUT2D eigenvalue weighted by atomic mass is 35.5. The number of rotatable bonds is 2. The van der Waals surface area contributed by atoms with Crippen LogP contribution in [0.3, 0.4) is 0 Å². The van der Waals surface area contributed by atoms with E-state index in [4.69, 9.17) is 20.8 Å². The Morgan fingerprint density at radius 3 is 2.55 bits per heavy atom. The lowest BCUT2D eigenvalue weighted by molar-refractivity contribution is 0.414. The van der Waals surface area contributed by atoms with Crippen LogP contribution in [-0.4, -0.2) is 7.11 Å². The van der Waals surface area contributed by atoms with Crippen molar-refractivity contribution < 1.29 is 9.15 Å². The van der Waals surface area contributed by atoms with Crippen LogP contribution in [0.4, 0.5) is 0 Å². The van der Waals surface area contributed by atoms with Crippen molar-refractivity contribution in [3.63, 3.8) is 0 Å². The lowest BCUT2D eigenvalue weighted by atomic mass is 10.1. The topological polar surface area (TPSA) is 39.4 Å². The Hall–Kier alpha value is -2.26. The van der Waals surface area contributed by atoms with Crippen molar-refractivity contribution in [3.8, 4) is 16.9 Å². The molecule has 0 N–H and O–H groups in total. The van der Waals surface area contributed by atoms with Crippen LogP contribution in [0.1, 0.15) is 0 Å². The van der Waals surface area contributed by atoms with Crippen molar-refractivity contribution >= 4 is 22.6 Å². The van der Waals surface area contributed by atoms with Gasteiger partial charge in [-0.15, -0.1) is 0 Å². The molecule has 0 aliphatic rings. The lowest BCUT2D eigenvalue weighted by Gasteiger charge is -2.06. The second-order valence-corrected chi connectivity index (χ2v) is 4.75. The fourth-order valence-electron chi connectivity index (χ4n) is 2.10. The van der Waals surface area contributed by atoms with Gasteiger partial charge in [-0.25, -0.2) is 4.79 Å². The predicted molar refractivity (Wildman–Crippen MR) is 79.5 cm³/mol. The average molecular weight is 287 g/mol. The molecule has 0 spiro atoms. The number of hydrogen-bond donors (Lipinski definition) is 0. The first-order chi connectivity index (χ1) is 9.69. The summed E-state index contributed by atoms with van der Waals surface area (Å²) in [7, 11) is 1.52. The molecule has 3 nitrogen and oxygen atoms in total. The van der Waals surface area contributed by atoms with Crippen molar-refractivity contribution in [3.05, 3.63) is 64.0 Å². The Morgan fingerprint density at radius 1 is 1.10 bits per heavy atom. The molecule has 0 fully saturated rings. The third-order valence-electron chi connectivity index (χ3n) is 3.09. The van der Waals surface area contributed by atoms with Crippen LogP contribution in [0.25, 0.3) is 22.1 Å². The molecule has 0 saturated carbocycles. The minimum atomic E-state index is -0.381. The maximum Gasteiger partial charge on any atom is 0.344 e. The van der Waals surface area contributed by atoms with Crippen LogP contribution in [-0.2, 0) is 0 Å². The van der Waals surface area contributed by atoms with Gasteiger partial charge in [0, 0.05) is 11.5 Å². The highest BCUT2D eigenvalue weighted by Crippen LogP contribution is 2.30. The largest absolute Gasteiger partial charge is 0.495 e.